The van der Waals surface area contributed by atoms with Gasteiger partial charge in [-0.15, -0.1) is 0 Å². The molecule has 1 fully saturated rings. The van der Waals surface area contributed by atoms with Crippen LogP contribution in [-0.4, -0.2) is 37.0 Å². The highest BCUT2D eigenvalue weighted by Gasteiger charge is 2.32. The molecule has 5 heteroatoms. The Morgan fingerprint density at radius 1 is 1.56 bits per heavy atom. The Bertz CT molecular complexity index is 245. The molecule has 1 atom stereocenters. The molecular formula is C11H21FN2O2. The van der Waals surface area contributed by atoms with Gasteiger partial charge in [-0.3, -0.25) is 0 Å². The summed E-state index contributed by atoms with van der Waals surface area (Å²) < 4.78 is 19.1. The number of alkyl carbamates (subject to hydrolysis) is 1. The molecule has 1 saturated heterocycles. The summed E-state index contributed by atoms with van der Waals surface area (Å²) >= 11 is 0. The molecule has 0 aliphatic carbocycles. The molecule has 1 rings (SSSR count). The summed E-state index contributed by atoms with van der Waals surface area (Å²) in [5.74, 6) is 0. The molecule has 0 spiro atoms. The number of alkyl halides is 1. The lowest BCUT2D eigenvalue weighted by Gasteiger charge is -2.30. The standard InChI is InChI=1S/C11H21FN2O2/c1-10(2,3)16-9(15)14-8-11(12)5-4-6-13-7-11/h13H,4-8H2,1-3H3,(H,14,15)/t11-/m1/s1. The van der Waals surface area contributed by atoms with E-state index in [1.807, 2.05) is 0 Å². The van der Waals surface area contributed by atoms with Crippen LogP contribution in [0.15, 0.2) is 0 Å². The van der Waals surface area contributed by atoms with Crippen molar-refractivity contribution in [3.63, 3.8) is 0 Å². The molecule has 4 nitrogen and oxygen atoms in total. The maximum absolute atomic E-state index is 14.0. The minimum atomic E-state index is -1.34. The van der Waals surface area contributed by atoms with Crippen molar-refractivity contribution in [1.29, 1.82) is 0 Å². The van der Waals surface area contributed by atoms with Crippen molar-refractivity contribution < 1.29 is 13.9 Å². The van der Waals surface area contributed by atoms with E-state index >= 15 is 0 Å². The van der Waals surface area contributed by atoms with Crippen LogP contribution < -0.4 is 10.6 Å². The number of piperidine rings is 1. The number of nitrogens with one attached hydrogen (secondary N) is 2. The highest BCUT2D eigenvalue weighted by Crippen LogP contribution is 2.19. The smallest absolute Gasteiger partial charge is 0.407 e. The van der Waals surface area contributed by atoms with Crippen molar-refractivity contribution in [3.05, 3.63) is 0 Å². The number of carbonyl (C=O) groups excluding carboxylic acids is 1. The molecule has 94 valence electrons. The number of hydrogen-bond acceptors (Lipinski definition) is 3. The molecule has 0 aromatic rings. The molecule has 0 bridgehead atoms. The van der Waals surface area contributed by atoms with E-state index in [9.17, 15) is 9.18 Å². The van der Waals surface area contributed by atoms with E-state index < -0.39 is 17.4 Å². The van der Waals surface area contributed by atoms with Crippen LogP contribution in [0.2, 0.25) is 0 Å². The summed E-state index contributed by atoms with van der Waals surface area (Å²) in [5.41, 5.74) is -1.88. The van der Waals surface area contributed by atoms with Gasteiger partial charge < -0.3 is 15.4 Å². The number of carbonyl (C=O) groups is 1. The van der Waals surface area contributed by atoms with Crippen molar-refractivity contribution in [2.24, 2.45) is 0 Å². The maximum Gasteiger partial charge on any atom is 0.407 e. The Morgan fingerprint density at radius 2 is 2.25 bits per heavy atom. The van der Waals surface area contributed by atoms with E-state index in [0.717, 1.165) is 13.0 Å². The van der Waals surface area contributed by atoms with Gasteiger partial charge in [-0.25, -0.2) is 9.18 Å². The van der Waals surface area contributed by atoms with E-state index in [1.165, 1.54) is 0 Å². The van der Waals surface area contributed by atoms with Crippen molar-refractivity contribution in [3.8, 4) is 0 Å². The molecule has 1 aliphatic rings. The molecule has 0 aromatic carbocycles. The summed E-state index contributed by atoms with van der Waals surface area (Å²) in [4.78, 5) is 11.3. The molecule has 0 radical (unpaired) electrons. The first-order chi connectivity index (χ1) is 7.31. The fraction of sp³-hybridized carbons (Fsp3) is 0.909. The first-order valence-corrected chi connectivity index (χ1v) is 5.67. The first-order valence-electron chi connectivity index (χ1n) is 5.67. The molecule has 2 N–H and O–H groups in total. The van der Waals surface area contributed by atoms with Gasteiger partial charge in [0, 0.05) is 6.54 Å². The van der Waals surface area contributed by atoms with Crippen LogP contribution in [0.3, 0.4) is 0 Å². The van der Waals surface area contributed by atoms with Gasteiger partial charge in [-0.1, -0.05) is 0 Å². The van der Waals surface area contributed by atoms with Gasteiger partial charge in [0.05, 0.1) is 6.54 Å². The van der Waals surface area contributed by atoms with Crippen LogP contribution in [0.1, 0.15) is 33.6 Å². The quantitative estimate of drug-likeness (QED) is 0.760. The van der Waals surface area contributed by atoms with Crippen molar-refractivity contribution in [2.45, 2.75) is 44.9 Å². The minimum Gasteiger partial charge on any atom is -0.444 e. The predicted molar refractivity (Wildman–Crippen MR) is 60.2 cm³/mol. The Balaban J connectivity index is 2.30. The van der Waals surface area contributed by atoms with Crippen molar-refractivity contribution in [1.82, 2.24) is 10.6 Å². The SMILES string of the molecule is CC(C)(C)OC(=O)NC[C@@]1(F)CCCNC1. The average Bonchev–Trinajstić information content (AvgIpc) is 2.14. The minimum absolute atomic E-state index is 0.00884. The molecule has 0 saturated carbocycles. The zero-order valence-corrected chi connectivity index (χ0v) is 10.2. The highest BCUT2D eigenvalue weighted by molar-refractivity contribution is 5.67. The van der Waals surface area contributed by atoms with E-state index in [4.69, 9.17) is 4.74 Å². The Labute approximate surface area is 95.9 Å². The van der Waals surface area contributed by atoms with Crippen LogP contribution >= 0.6 is 0 Å². The van der Waals surface area contributed by atoms with Gasteiger partial charge in [0.2, 0.25) is 0 Å². The van der Waals surface area contributed by atoms with Gasteiger partial charge in [0.15, 0.2) is 0 Å². The molecular weight excluding hydrogens is 211 g/mol. The van der Waals surface area contributed by atoms with Crippen LogP contribution in [-0.2, 0) is 4.74 Å². The van der Waals surface area contributed by atoms with Gasteiger partial charge in [0.25, 0.3) is 0 Å². The molecule has 1 amide bonds. The van der Waals surface area contributed by atoms with Crippen molar-refractivity contribution >= 4 is 6.09 Å². The zero-order chi connectivity index (χ0) is 12.2. The third kappa shape index (κ3) is 4.79. The number of rotatable bonds is 2. The summed E-state index contributed by atoms with van der Waals surface area (Å²) in [6.45, 7) is 6.48. The second-order valence-corrected chi connectivity index (χ2v) is 5.29. The predicted octanol–water partition coefficient (Wildman–Crippen LogP) is 1.60. The van der Waals surface area contributed by atoms with E-state index in [1.54, 1.807) is 20.8 Å². The number of ether oxygens (including phenoxy) is 1. The summed E-state index contributed by atoms with van der Waals surface area (Å²) in [5, 5.41) is 5.45. The first kappa shape index (κ1) is 13.2. The van der Waals surface area contributed by atoms with Crippen LogP contribution in [0.5, 0.6) is 0 Å². The lowest BCUT2D eigenvalue weighted by Crippen LogP contribution is -2.50. The molecule has 16 heavy (non-hydrogen) atoms. The third-order valence-corrected chi connectivity index (χ3v) is 2.37. The van der Waals surface area contributed by atoms with E-state index in [2.05, 4.69) is 10.6 Å². The van der Waals surface area contributed by atoms with Crippen LogP contribution in [0, 0.1) is 0 Å². The van der Waals surface area contributed by atoms with Crippen LogP contribution in [0.25, 0.3) is 0 Å². The fourth-order valence-electron chi connectivity index (χ4n) is 1.63. The van der Waals surface area contributed by atoms with E-state index in [-0.39, 0.29) is 6.54 Å². The highest BCUT2D eigenvalue weighted by atomic mass is 19.1. The van der Waals surface area contributed by atoms with E-state index in [0.29, 0.717) is 13.0 Å². The molecule has 0 aromatic heterocycles. The summed E-state index contributed by atoms with van der Waals surface area (Å²) in [6, 6.07) is 0. The largest absolute Gasteiger partial charge is 0.444 e. The van der Waals surface area contributed by atoms with Gasteiger partial charge >= 0.3 is 6.09 Å². The second kappa shape index (κ2) is 4.99. The zero-order valence-electron chi connectivity index (χ0n) is 10.2. The monoisotopic (exact) mass is 232 g/mol. The molecule has 1 heterocycles. The number of halogens is 1. The Hall–Kier alpha value is -0.840. The molecule has 1 aliphatic heterocycles. The van der Waals surface area contributed by atoms with Crippen molar-refractivity contribution in [2.75, 3.05) is 19.6 Å². The molecule has 0 unspecified atom stereocenters. The Kier molecular flexibility index (Phi) is 4.13. The Morgan fingerprint density at radius 3 is 2.75 bits per heavy atom. The lowest BCUT2D eigenvalue weighted by molar-refractivity contribution is 0.0453. The third-order valence-electron chi connectivity index (χ3n) is 2.37. The number of hydrogen-bond donors (Lipinski definition) is 2. The average molecular weight is 232 g/mol. The normalized spacial score (nSPS) is 26.2. The topological polar surface area (TPSA) is 50.4 Å². The summed E-state index contributed by atoms with van der Waals surface area (Å²) in [7, 11) is 0. The fourth-order valence-corrected chi connectivity index (χ4v) is 1.63. The summed E-state index contributed by atoms with van der Waals surface area (Å²) in [6.07, 6.45) is 0.720. The van der Waals surface area contributed by atoms with Gasteiger partial charge in [-0.2, -0.15) is 0 Å². The van der Waals surface area contributed by atoms with Crippen LogP contribution in [0.4, 0.5) is 9.18 Å². The van der Waals surface area contributed by atoms with Gasteiger partial charge in [0.1, 0.15) is 11.3 Å². The maximum atomic E-state index is 14.0. The lowest BCUT2D eigenvalue weighted by atomic mass is 9.96. The number of amides is 1. The second-order valence-electron chi connectivity index (χ2n) is 5.29. The van der Waals surface area contributed by atoms with Gasteiger partial charge in [-0.05, 0) is 40.2 Å².